The fourth-order valence-electron chi connectivity index (χ4n) is 7.11. The maximum atomic E-state index is 2.50. The Morgan fingerprint density at radius 2 is 1.19 bits per heavy atom. The van der Waals surface area contributed by atoms with Crippen LogP contribution in [0.3, 0.4) is 0 Å². The number of fused-ring (bicyclic) bond motifs is 9. The largest absolute Gasteiger partial charge is 0.308 e. The van der Waals surface area contributed by atoms with Crippen LogP contribution < -0.4 is 0 Å². The number of para-hydroxylation sites is 4. The smallest absolute Gasteiger partial charge is 0.0703 e. The normalized spacial score (nSPS) is 13.6. The third-order valence-corrected chi connectivity index (χ3v) is 8.97. The fraction of sp³-hybridized carbons (Fsp3) is 0.0500. The average Bonchev–Trinajstić information content (AvgIpc) is 3.41. The molecule has 0 bridgehead atoms. The standard InChI is InChI=1S/C40H28N2/c1-2-12-27(13-3-1)28-22-24-30(25-23-28)41-35-18-8-6-16-32(35)34-26-29-14-4-5-15-31(29)39-33-17-7-9-19-36(33)42(40(34)39)38-21-11-10-20-37(38)41/h1-2,4-12,14-26H,3,13H2. The summed E-state index contributed by atoms with van der Waals surface area (Å²) in [6.07, 6.45) is 8.87. The van der Waals surface area contributed by atoms with Crippen molar-refractivity contribution in [3.63, 3.8) is 0 Å². The summed E-state index contributed by atoms with van der Waals surface area (Å²) in [4.78, 5) is 0. The van der Waals surface area contributed by atoms with E-state index in [4.69, 9.17) is 0 Å². The number of aromatic nitrogens is 2. The zero-order valence-corrected chi connectivity index (χ0v) is 23.2. The van der Waals surface area contributed by atoms with Gasteiger partial charge in [-0.1, -0.05) is 103 Å². The number of benzene rings is 6. The number of hydrogen-bond acceptors (Lipinski definition) is 0. The van der Waals surface area contributed by atoms with E-state index in [9.17, 15) is 0 Å². The molecule has 0 aliphatic heterocycles. The number of rotatable bonds is 2. The van der Waals surface area contributed by atoms with Crippen molar-refractivity contribution in [3.05, 3.63) is 151 Å². The molecule has 8 aromatic rings. The predicted octanol–water partition coefficient (Wildman–Crippen LogP) is 10.8. The lowest BCUT2D eigenvalue weighted by Gasteiger charge is -2.18. The van der Waals surface area contributed by atoms with Gasteiger partial charge in [-0.15, -0.1) is 0 Å². The van der Waals surface area contributed by atoms with Crippen molar-refractivity contribution in [2.45, 2.75) is 12.8 Å². The first-order valence-electron chi connectivity index (χ1n) is 14.8. The van der Waals surface area contributed by atoms with Crippen LogP contribution in [0, 0.1) is 0 Å². The van der Waals surface area contributed by atoms with Gasteiger partial charge in [0.15, 0.2) is 0 Å². The van der Waals surface area contributed by atoms with Gasteiger partial charge < -0.3 is 8.97 Å². The van der Waals surface area contributed by atoms with Crippen molar-refractivity contribution in [1.29, 1.82) is 0 Å². The Morgan fingerprint density at radius 3 is 1.98 bits per heavy atom. The molecule has 0 amide bonds. The van der Waals surface area contributed by atoms with Crippen molar-refractivity contribution in [1.82, 2.24) is 8.97 Å². The maximum absolute atomic E-state index is 2.50. The molecule has 1 aliphatic carbocycles. The molecule has 2 nitrogen and oxygen atoms in total. The molecule has 2 heterocycles. The van der Waals surface area contributed by atoms with E-state index in [-0.39, 0.29) is 0 Å². The zero-order valence-electron chi connectivity index (χ0n) is 23.2. The van der Waals surface area contributed by atoms with Gasteiger partial charge in [0.1, 0.15) is 0 Å². The molecule has 9 rings (SSSR count). The van der Waals surface area contributed by atoms with Crippen LogP contribution in [-0.2, 0) is 0 Å². The predicted molar refractivity (Wildman–Crippen MR) is 179 cm³/mol. The highest BCUT2D eigenvalue weighted by Gasteiger charge is 2.18. The van der Waals surface area contributed by atoms with Crippen LogP contribution >= 0.6 is 0 Å². The summed E-state index contributed by atoms with van der Waals surface area (Å²) >= 11 is 0. The van der Waals surface area contributed by atoms with E-state index in [1.165, 1.54) is 71.0 Å². The average molecular weight is 537 g/mol. The minimum Gasteiger partial charge on any atom is -0.308 e. The van der Waals surface area contributed by atoms with Crippen LogP contribution in [0.2, 0.25) is 0 Å². The van der Waals surface area contributed by atoms with E-state index in [0.29, 0.717) is 0 Å². The van der Waals surface area contributed by atoms with E-state index in [2.05, 4.69) is 155 Å². The Kier molecular flexibility index (Phi) is 5.06. The van der Waals surface area contributed by atoms with E-state index in [1.807, 2.05) is 0 Å². The van der Waals surface area contributed by atoms with Crippen LogP contribution in [0.15, 0.2) is 146 Å². The Hall–Kier alpha value is -5.34. The number of nitrogens with zero attached hydrogens (tertiary/aromatic N) is 2. The second-order valence-electron chi connectivity index (χ2n) is 11.3. The lowest BCUT2D eigenvalue weighted by Crippen LogP contribution is -2.01. The Bertz CT molecular complexity index is 2450. The zero-order chi connectivity index (χ0) is 27.6. The van der Waals surface area contributed by atoms with Gasteiger partial charge in [-0.05, 0) is 77.2 Å². The van der Waals surface area contributed by atoms with Gasteiger partial charge in [0.05, 0.1) is 27.6 Å². The van der Waals surface area contributed by atoms with Crippen LogP contribution in [0.5, 0.6) is 0 Å². The van der Waals surface area contributed by atoms with Gasteiger partial charge >= 0.3 is 0 Å². The highest BCUT2D eigenvalue weighted by Crippen LogP contribution is 2.41. The highest BCUT2D eigenvalue weighted by atomic mass is 15.0. The molecule has 0 fully saturated rings. The second-order valence-corrected chi connectivity index (χ2v) is 11.3. The van der Waals surface area contributed by atoms with Gasteiger partial charge in [0.25, 0.3) is 0 Å². The third kappa shape index (κ3) is 3.33. The number of hydrogen-bond donors (Lipinski definition) is 0. The first kappa shape index (κ1) is 23.4. The van der Waals surface area contributed by atoms with Gasteiger partial charge in [-0.3, -0.25) is 0 Å². The van der Waals surface area contributed by atoms with Gasteiger partial charge in [0.2, 0.25) is 0 Å². The molecule has 1 aliphatic rings. The SMILES string of the molecule is C1=CCCC(c2ccc(-n3c4ccccc4c4cc5ccccc5c5c6ccccc6n(c6ccccc63)c45)cc2)=C1. The molecule has 6 aromatic carbocycles. The molecule has 0 unspecified atom stereocenters. The summed E-state index contributed by atoms with van der Waals surface area (Å²) in [6.45, 7) is 0. The lowest BCUT2D eigenvalue weighted by molar-refractivity contribution is 1.05. The van der Waals surface area contributed by atoms with Crippen molar-refractivity contribution < 1.29 is 0 Å². The maximum Gasteiger partial charge on any atom is 0.0703 e. The summed E-state index contributed by atoms with van der Waals surface area (Å²) in [5.41, 5.74) is 9.88. The molecule has 0 N–H and O–H groups in total. The highest BCUT2D eigenvalue weighted by molar-refractivity contribution is 6.29. The first-order chi connectivity index (χ1) is 20.9. The number of allylic oxidation sites excluding steroid dienone is 4. The molecular formula is C40H28N2. The van der Waals surface area contributed by atoms with E-state index in [1.54, 1.807) is 0 Å². The molecule has 0 spiro atoms. The third-order valence-electron chi connectivity index (χ3n) is 8.97. The van der Waals surface area contributed by atoms with Gasteiger partial charge in [-0.25, -0.2) is 0 Å². The molecule has 198 valence electrons. The molecular weight excluding hydrogens is 508 g/mol. The molecule has 42 heavy (non-hydrogen) atoms. The molecule has 0 saturated heterocycles. The van der Waals surface area contributed by atoms with Crippen LogP contribution in [0.25, 0.3) is 71.2 Å². The Balaban J connectivity index is 1.53. The Morgan fingerprint density at radius 1 is 0.524 bits per heavy atom. The quantitative estimate of drug-likeness (QED) is 0.208. The van der Waals surface area contributed by atoms with E-state index >= 15 is 0 Å². The minimum absolute atomic E-state index is 1.09. The summed E-state index contributed by atoms with van der Waals surface area (Å²) in [5.74, 6) is 0. The van der Waals surface area contributed by atoms with Crippen LogP contribution in [0.4, 0.5) is 0 Å². The first-order valence-corrected chi connectivity index (χ1v) is 14.8. The van der Waals surface area contributed by atoms with Gasteiger partial charge in [-0.2, -0.15) is 0 Å². The van der Waals surface area contributed by atoms with Crippen molar-refractivity contribution >= 4 is 65.5 Å². The van der Waals surface area contributed by atoms with E-state index in [0.717, 1.165) is 18.5 Å². The minimum atomic E-state index is 1.09. The second kappa shape index (κ2) is 9.09. The lowest BCUT2D eigenvalue weighted by atomic mass is 9.97. The van der Waals surface area contributed by atoms with Crippen LogP contribution in [-0.4, -0.2) is 8.97 Å². The molecule has 2 aromatic heterocycles. The summed E-state index contributed by atoms with van der Waals surface area (Å²) in [7, 11) is 0. The molecule has 0 atom stereocenters. The Labute approximate surface area is 243 Å². The monoisotopic (exact) mass is 536 g/mol. The van der Waals surface area contributed by atoms with Crippen molar-refractivity contribution in [3.8, 4) is 5.69 Å². The van der Waals surface area contributed by atoms with Gasteiger partial charge in [0, 0.05) is 27.2 Å². The summed E-state index contributed by atoms with van der Waals surface area (Å²) in [6, 6.07) is 47.0. The molecule has 0 saturated carbocycles. The fourth-order valence-corrected chi connectivity index (χ4v) is 7.11. The van der Waals surface area contributed by atoms with Crippen LogP contribution in [0.1, 0.15) is 18.4 Å². The summed E-state index contributed by atoms with van der Waals surface area (Å²) in [5, 5.41) is 7.64. The van der Waals surface area contributed by atoms with Crippen molar-refractivity contribution in [2.24, 2.45) is 0 Å². The molecule has 0 radical (unpaired) electrons. The topological polar surface area (TPSA) is 9.34 Å². The summed E-state index contributed by atoms with van der Waals surface area (Å²) < 4.78 is 4.95. The van der Waals surface area contributed by atoms with E-state index < -0.39 is 0 Å². The van der Waals surface area contributed by atoms with Crippen molar-refractivity contribution in [2.75, 3.05) is 0 Å². The molecule has 2 heteroatoms.